The van der Waals surface area contributed by atoms with E-state index in [9.17, 15) is 0 Å². The average molecular weight is 254 g/mol. The van der Waals surface area contributed by atoms with E-state index < -0.39 is 0 Å². The number of halogens is 1. The summed E-state index contributed by atoms with van der Waals surface area (Å²) in [5.41, 5.74) is 1.17. The first-order chi connectivity index (χ1) is 8.17. The number of ether oxygens (including phenoxy) is 1. The molecule has 0 spiro atoms. The smallest absolute Gasteiger partial charge is 0.123 e. The van der Waals surface area contributed by atoms with Crippen molar-refractivity contribution in [2.75, 3.05) is 14.2 Å². The predicted octanol–water partition coefficient (Wildman–Crippen LogP) is 3.66. The van der Waals surface area contributed by atoms with Crippen LogP contribution in [0.5, 0.6) is 5.75 Å². The Kier molecular flexibility index (Phi) is 3.95. The van der Waals surface area contributed by atoms with E-state index in [0.29, 0.717) is 12.0 Å². The molecule has 2 rings (SSSR count). The third-order valence-corrected chi connectivity index (χ3v) is 3.96. The zero-order valence-corrected chi connectivity index (χ0v) is 11.4. The van der Waals surface area contributed by atoms with E-state index in [-0.39, 0.29) is 0 Å². The van der Waals surface area contributed by atoms with Gasteiger partial charge in [0.1, 0.15) is 5.75 Å². The van der Waals surface area contributed by atoms with Crippen LogP contribution < -0.4 is 10.1 Å². The van der Waals surface area contributed by atoms with Crippen molar-refractivity contribution in [2.24, 2.45) is 11.8 Å². The standard InChI is InChI=1S/C14H20ClNO/c1-9(10-4-5-10)14(16-2)12-8-11(15)6-7-13(12)17-3/h6-10,14,16H,4-5H2,1-3H3. The fourth-order valence-corrected chi connectivity index (χ4v) is 2.72. The van der Waals surface area contributed by atoms with Crippen LogP contribution in [0, 0.1) is 11.8 Å². The van der Waals surface area contributed by atoms with Gasteiger partial charge in [-0.15, -0.1) is 0 Å². The van der Waals surface area contributed by atoms with Gasteiger partial charge in [0.2, 0.25) is 0 Å². The Morgan fingerprint density at radius 1 is 1.41 bits per heavy atom. The van der Waals surface area contributed by atoms with E-state index in [1.54, 1.807) is 7.11 Å². The molecule has 2 nitrogen and oxygen atoms in total. The van der Waals surface area contributed by atoms with Crippen molar-refractivity contribution in [1.82, 2.24) is 5.32 Å². The van der Waals surface area contributed by atoms with Gasteiger partial charge in [-0.3, -0.25) is 0 Å². The SMILES string of the molecule is CNC(c1cc(Cl)ccc1OC)C(C)C1CC1. The zero-order valence-electron chi connectivity index (χ0n) is 10.7. The van der Waals surface area contributed by atoms with Crippen LogP contribution in [0.3, 0.4) is 0 Å². The van der Waals surface area contributed by atoms with E-state index >= 15 is 0 Å². The molecule has 0 heterocycles. The Bertz CT molecular complexity index is 390. The van der Waals surface area contributed by atoms with Gasteiger partial charge in [0.15, 0.2) is 0 Å². The van der Waals surface area contributed by atoms with Gasteiger partial charge in [-0.1, -0.05) is 18.5 Å². The van der Waals surface area contributed by atoms with Crippen molar-refractivity contribution in [2.45, 2.75) is 25.8 Å². The Hall–Kier alpha value is -0.730. The normalized spacial score (nSPS) is 18.8. The lowest BCUT2D eigenvalue weighted by Gasteiger charge is -2.25. The van der Waals surface area contributed by atoms with Crippen molar-refractivity contribution < 1.29 is 4.74 Å². The van der Waals surface area contributed by atoms with E-state index in [2.05, 4.69) is 12.2 Å². The molecule has 0 bridgehead atoms. The van der Waals surface area contributed by atoms with Gasteiger partial charge in [-0.2, -0.15) is 0 Å². The minimum atomic E-state index is 0.316. The third kappa shape index (κ3) is 2.75. The summed E-state index contributed by atoms with van der Waals surface area (Å²) in [6.07, 6.45) is 2.70. The lowest BCUT2D eigenvalue weighted by atomic mass is 9.90. The van der Waals surface area contributed by atoms with Crippen molar-refractivity contribution in [3.05, 3.63) is 28.8 Å². The van der Waals surface area contributed by atoms with Gasteiger partial charge < -0.3 is 10.1 Å². The summed E-state index contributed by atoms with van der Waals surface area (Å²) >= 11 is 6.09. The van der Waals surface area contributed by atoms with E-state index in [1.165, 1.54) is 18.4 Å². The topological polar surface area (TPSA) is 21.3 Å². The van der Waals surface area contributed by atoms with Crippen molar-refractivity contribution in [3.8, 4) is 5.75 Å². The maximum atomic E-state index is 6.09. The lowest BCUT2D eigenvalue weighted by molar-refractivity contribution is 0.346. The van der Waals surface area contributed by atoms with Crippen molar-refractivity contribution in [3.63, 3.8) is 0 Å². The number of methoxy groups -OCH3 is 1. The molecule has 1 aromatic rings. The van der Waals surface area contributed by atoms with Crippen LogP contribution in [0.25, 0.3) is 0 Å². The van der Waals surface area contributed by atoms with Gasteiger partial charge in [0.25, 0.3) is 0 Å². The Morgan fingerprint density at radius 2 is 2.12 bits per heavy atom. The second kappa shape index (κ2) is 5.28. The molecule has 0 aromatic heterocycles. The molecular formula is C14H20ClNO. The molecule has 3 heteroatoms. The van der Waals surface area contributed by atoms with Crippen LogP contribution in [0.15, 0.2) is 18.2 Å². The summed E-state index contributed by atoms with van der Waals surface area (Å²) in [7, 11) is 3.71. The molecule has 0 aliphatic heterocycles. The van der Waals surface area contributed by atoms with Crippen LogP contribution in [-0.4, -0.2) is 14.2 Å². The Morgan fingerprint density at radius 3 is 2.65 bits per heavy atom. The summed E-state index contributed by atoms with van der Waals surface area (Å²) < 4.78 is 5.43. The molecule has 94 valence electrons. The van der Waals surface area contributed by atoms with Gasteiger partial charge >= 0.3 is 0 Å². The molecule has 0 radical (unpaired) electrons. The highest BCUT2D eigenvalue weighted by molar-refractivity contribution is 6.30. The van der Waals surface area contributed by atoms with E-state index in [4.69, 9.17) is 16.3 Å². The fourth-order valence-electron chi connectivity index (χ4n) is 2.54. The summed E-state index contributed by atoms with van der Waals surface area (Å²) in [5.74, 6) is 2.38. The molecule has 0 saturated heterocycles. The Labute approximate surface area is 108 Å². The number of hydrogen-bond acceptors (Lipinski definition) is 2. The van der Waals surface area contributed by atoms with Gasteiger partial charge in [0.05, 0.1) is 7.11 Å². The molecule has 0 amide bonds. The van der Waals surface area contributed by atoms with Crippen LogP contribution >= 0.6 is 11.6 Å². The predicted molar refractivity (Wildman–Crippen MR) is 71.7 cm³/mol. The quantitative estimate of drug-likeness (QED) is 0.865. The Balaban J connectivity index is 2.30. The molecule has 2 unspecified atom stereocenters. The van der Waals surface area contributed by atoms with Crippen molar-refractivity contribution >= 4 is 11.6 Å². The van der Waals surface area contributed by atoms with E-state index in [1.807, 2.05) is 25.2 Å². The molecular weight excluding hydrogens is 234 g/mol. The van der Waals surface area contributed by atoms with Gasteiger partial charge in [-0.05, 0) is 49.9 Å². The lowest BCUT2D eigenvalue weighted by Crippen LogP contribution is -2.25. The molecule has 1 aliphatic carbocycles. The first-order valence-electron chi connectivity index (χ1n) is 6.18. The maximum absolute atomic E-state index is 6.09. The molecule has 1 fully saturated rings. The molecule has 17 heavy (non-hydrogen) atoms. The van der Waals surface area contributed by atoms with Gasteiger partial charge in [0, 0.05) is 16.6 Å². The summed E-state index contributed by atoms with van der Waals surface area (Å²) in [4.78, 5) is 0. The summed E-state index contributed by atoms with van der Waals surface area (Å²) in [6, 6.07) is 6.15. The minimum Gasteiger partial charge on any atom is -0.496 e. The fraction of sp³-hybridized carbons (Fsp3) is 0.571. The highest BCUT2D eigenvalue weighted by atomic mass is 35.5. The first-order valence-corrected chi connectivity index (χ1v) is 6.56. The van der Waals surface area contributed by atoms with Crippen LogP contribution in [0.4, 0.5) is 0 Å². The second-order valence-electron chi connectivity index (χ2n) is 4.85. The molecule has 1 aliphatic rings. The average Bonchev–Trinajstić information content (AvgIpc) is 3.14. The number of rotatable bonds is 5. The zero-order chi connectivity index (χ0) is 12.4. The monoisotopic (exact) mass is 253 g/mol. The largest absolute Gasteiger partial charge is 0.496 e. The molecule has 1 aromatic carbocycles. The van der Waals surface area contributed by atoms with E-state index in [0.717, 1.165) is 16.7 Å². The van der Waals surface area contributed by atoms with Crippen LogP contribution in [0.2, 0.25) is 5.02 Å². The van der Waals surface area contributed by atoms with Gasteiger partial charge in [-0.25, -0.2) is 0 Å². The summed E-state index contributed by atoms with van der Waals surface area (Å²) in [5, 5.41) is 4.17. The number of benzene rings is 1. The highest BCUT2D eigenvalue weighted by Crippen LogP contribution is 2.44. The first kappa shape index (κ1) is 12.7. The number of nitrogens with one attached hydrogen (secondary N) is 1. The maximum Gasteiger partial charge on any atom is 0.123 e. The molecule has 1 N–H and O–H groups in total. The molecule has 1 saturated carbocycles. The van der Waals surface area contributed by atoms with Crippen LogP contribution in [-0.2, 0) is 0 Å². The third-order valence-electron chi connectivity index (χ3n) is 3.73. The number of hydrogen-bond donors (Lipinski definition) is 1. The molecule has 2 atom stereocenters. The second-order valence-corrected chi connectivity index (χ2v) is 5.29. The minimum absolute atomic E-state index is 0.316. The van der Waals surface area contributed by atoms with Crippen LogP contribution in [0.1, 0.15) is 31.4 Å². The highest BCUT2D eigenvalue weighted by Gasteiger charge is 2.34. The summed E-state index contributed by atoms with van der Waals surface area (Å²) in [6.45, 7) is 2.30. The van der Waals surface area contributed by atoms with Crippen molar-refractivity contribution in [1.29, 1.82) is 0 Å².